The van der Waals surface area contributed by atoms with Gasteiger partial charge in [0.2, 0.25) is 0 Å². The van der Waals surface area contributed by atoms with Crippen LogP contribution in [-0.2, 0) is 6.18 Å². The van der Waals surface area contributed by atoms with E-state index in [0.29, 0.717) is 8.95 Å². The molecule has 6 heteroatoms. The van der Waals surface area contributed by atoms with E-state index in [2.05, 4.69) is 47.8 Å². The largest absolute Gasteiger partial charge is 0.417 e. The van der Waals surface area contributed by atoms with Crippen LogP contribution in [0.15, 0.2) is 25.6 Å². The summed E-state index contributed by atoms with van der Waals surface area (Å²) in [6.45, 7) is 0. The second-order valence-electron chi connectivity index (χ2n) is 2.24. The van der Waals surface area contributed by atoms with Crippen molar-refractivity contribution in [3.05, 3.63) is 31.1 Å². The van der Waals surface area contributed by atoms with E-state index in [4.69, 9.17) is 0 Å². The van der Waals surface area contributed by atoms with Crippen molar-refractivity contribution < 1.29 is 13.2 Å². The van der Waals surface area contributed by atoms with Gasteiger partial charge in [0, 0.05) is 13.4 Å². The van der Waals surface area contributed by atoms with Crippen molar-refractivity contribution in [3.8, 4) is 0 Å². The maximum Gasteiger partial charge on any atom is 0.417 e. The molecule has 0 saturated carbocycles. The fourth-order valence-electron chi connectivity index (χ4n) is 0.740. The SMILES string of the molecule is FC(F)(F)c1cc(Br)c(Br)cc1Br. The van der Waals surface area contributed by atoms with Gasteiger partial charge in [0.15, 0.2) is 0 Å². The zero-order valence-corrected chi connectivity index (χ0v) is 10.7. The number of alkyl halides is 3. The average molecular weight is 383 g/mol. The van der Waals surface area contributed by atoms with Gasteiger partial charge in [-0.3, -0.25) is 0 Å². The fraction of sp³-hybridized carbons (Fsp3) is 0.143. The van der Waals surface area contributed by atoms with Crippen LogP contribution in [-0.4, -0.2) is 0 Å². The van der Waals surface area contributed by atoms with Gasteiger partial charge in [0.1, 0.15) is 0 Å². The van der Waals surface area contributed by atoms with E-state index in [9.17, 15) is 13.2 Å². The van der Waals surface area contributed by atoms with Gasteiger partial charge >= 0.3 is 6.18 Å². The van der Waals surface area contributed by atoms with Gasteiger partial charge in [0.05, 0.1) is 5.56 Å². The molecule has 0 spiro atoms. The first-order valence-electron chi connectivity index (χ1n) is 3.04. The van der Waals surface area contributed by atoms with E-state index in [-0.39, 0.29) is 4.47 Å². The summed E-state index contributed by atoms with van der Waals surface area (Å²) in [6, 6.07) is 2.38. The van der Waals surface area contributed by atoms with Crippen molar-refractivity contribution in [2.75, 3.05) is 0 Å². The van der Waals surface area contributed by atoms with Gasteiger partial charge in [-0.25, -0.2) is 0 Å². The molecule has 1 aromatic carbocycles. The Bertz CT molecular complexity index is 332. The Labute approximate surface area is 97.9 Å². The third kappa shape index (κ3) is 2.70. The minimum absolute atomic E-state index is 0.0232. The van der Waals surface area contributed by atoms with E-state index in [1.807, 2.05) is 0 Å². The van der Waals surface area contributed by atoms with Gasteiger partial charge in [-0.2, -0.15) is 13.2 Å². The summed E-state index contributed by atoms with van der Waals surface area (Å²) in [5.74, 6) is 0. The minimum atomic E-state index is -4.33. The Morgan fingerprint density at radius 1 is 0.846 bits per heavy atom. The topological polar surface area (TPSA) is 0 Å². The quantitative estimate of drug-likeness (QED) is 0.554. The van der Waals surface area contributed by atoms with Crippen molar-refractivity contribution in [2.24, 2.45) is 0 Å². The van der Waals surface area contributed by atoms with Crippen molar-refractivity contribution in [1.29, 1.82) is 0 Å². The summed E-state index contributed by atoms with van der Waals surface area (Å²) in [4.78, 5) is 0. The number of halogens is 6. The van der Waals surface area contributed by atoms with E-state index < -0.39 is 11.7 Å². The zero-order valence-electron chi connectivity index (χ0n) is 5.92. The fourth-order valence-corrected chi connectivity index (χ4v) is 2.30. The van der Waals surface area contributed by atoms with E-state index in [1.54, 1.807) is 0 Å². The number of rotatable bonds is 0. The molecule has 0 heterocycles. The molecule has 1 aromatic rings. The highest BCUT2D eigenvalue weighted by molar-refractivity contribution is 9.13. The average Bonchev–Trinajstić information content (AvgIpc) is 1.94. The molecule has 0 saturated heterocycles. The molecular weight excluding hydrogens is 381 g/mol. The van der Waals surface area contributed by atoms with Crippen LogP contribution in [0.5, 0.6) is 0 Å². The lowest BCUT2D eigenvalue weighted by Gasteiger charge is -2.10. The molecule has 0 aliphatic rings. The van der Waals surface area contributed by atoms with Gasteiger partial charge in [-0.05, 0) is 44.0 Å². The number of benzene rings is 1. The molecule has 0 aromatic heterocycles. The molecular formula is C7H2Br3F3. The van der Waals surface area contributed by atoms with E-state index in [1.165, 1.54) is 6.07 Å². The highest BCUT2D eigenvalue weighted by Gasteiger charge is 2.33. The van der Waals surface area contributed by atoms with Crippen molar-refractivity contribution >= 4 is 47.8 Å². The van der Waals surface area contributed by atoms with Crippen LogP contribution in [0.4, 0.5) is 13.2 Å². The van der Waals surface area contributed by atoms with Crippen LogP contribution in [0.3, 0.4) is 0 Å². The molecule has 0 fully saturated rings. The Morgan fingerprint density at radius 2 is 1.31 bits per heavy atom. The molecule has 13 heavy (non-hydrogen) atoms. The first-order valence-corrected chi connectivity index (χ1v) is 5.42. The second kappa shape index (κ2) is 3.90. The van der Waals surface area contributed by atoms with E-state index in [0.717, 1.165) is 6.07 Å². The zero-order chi connectivity index (χ0) is 10.2. The van der Waals surface area contributed by atoms with Crippen LogP contribution in [0.1, 0.15) is 5.56 Å². The standard InChI is InChI=1S/C7H2Br3F3/c8-4-2-6(10)5(9)1-3(4)7(11,12)13/h1-2H. The Morgan fingerprint density at radius 3 is 1.77 bits per heavy atom. The third-order valence-electron chi connectivity index (χ3n) is 1.32. The van der Waals surface area contributed by atoms with Crippen LogP contribution < -0.4 is 0 Å². The van der Waals surface area contributed by atoms with Gasteiger partial charge in [-0.1, -0.05) is 15.9 Å². The Hall–Kier alpha value is 0.450. The first kappa shape index (κ1) is 11.5. The molecule has 0 nitrogen and oxygen atoms in total. The van der Waals surface area contributed by atoms with Gasteiger partial charge in [-0.15, -0.1) is 0 Å². The molecule has 72 valence electrons. The molecule has 0 bridgehead atoms. The predicted molar refractivity (Wildman–Crippen MR) is 54.5 cm³/mol. The summed E-state index contributed by atoms with van der Waals surface area (Å²) in [7, 11) is 0. The van der Waals surface area contributed by atoms with Gasteiger partial charge in [0.25, 0.3) is 0 Å². The van der Waals surface area contributed by atoms with Crippen molar-refractivity contribution in [1.82, 2.24) is 0 Å². The maximum absolute atomic E-state index is 12.3. The molecule has 0 N–H and O–H groups in total. The lowest BCUT2D eigenvalue weighted by atomic mass is 10.2. The Balaban J connectivity index is 3.32. The molecule has 0 aliphatic heterocycles. The lowest BCUT2D eigenvalue weighted by molar-refractivity contribution is -0.138. The second-order valence-corrected chi connectivity index (χ2v) is 4.81. The van der Waals surface area contributed by atoms with E-state index >= 15 is 0 Å². The molecule has 0 radical (unpaired) electrons. The molecule has 1 rings (SSSR count). The predicted octanol–water partition coefficient (Wildman–Crippen LogP) is 4.99. The van der Waals surface area contributed by atoms with Crippen LogP contribution in [0.2, 0.25) is 0 Å². The summed E-state index contributed by atoms with van der Waals surface area (Å²) >= 11 is 8.95. The normalized spacial score (nSPS) is 11.8. The van der Waals surface area contributed by atoms with Crippen molar-refractivity contribution in [2.45, 2.75) is 6.18 Å². The van der Waals surface area contributed by atoms with Crippen LogP contribution in [0.25, 0.3) is 0 Å². The smallest absolute Gasteiger partial charge is 0.166 e. The number of hydrogen-bond donors (Lipinski definition) is 0. The Kier molecular flexibility index (Phi) is 3.46. The summed E-state index contributed by atoms with van der Waals surface area (Å²) in [6.07, 6.45) is -4.33. The van der Waals surface area contributed by atoms with Crippen LogP contribution in [0, 0.1) is 0 Å². The van der Waals surface area contributed by atoms with Crippen molar-refractivity contribution in [3.63, 3.8) is 0 Å². The molecule has 0 aliphatic carbocycles. The monoisotopic (exact) mass is 380 g/mol. The molecule has 0 unspecified atom stereocenters. The third-order valence-corrected chi connectivity index (χ3v) is 3.82. The highest BCUT2D eigenvalue weighted by atomic mass is 79.9. The highest BCUT2D eigenvalue weighted by Crippen LogP contribution is 2.39. The summed E-state index contributed by atoms with van der Waals surface area (Å²) < 4.78 is 37.9. The minimum Gasteiger partial charge on any atom is -0.166 e. The summed E-state index contributed by atoms with van der Waals surface area (Å²) in [5, 5.41) is 0. The lowest BCUT2D eigenvalue weighted by Crippen LogP contribution is -2.05. The first-order chi connectivity index (χ1) is 5.82. The summed E-state index contributed by atoms with van der Waals surface area (Å²) in [5.41, 5.74) is -0.692. The van der Waals surface area contributed by atoms with Crippen LogP contribution >= 0.6 is 47.8 Å². The molecule has 0 amide bonds. The maximum atomic E-state index is 12.3. The van der Waals surface area contributed by atoms with Gasteiger partial charge < -0.3 is 0 Å². The number of hydrogen-bond acceptors (Lipinski definition) is 0. The molecule has 0 atom stereocenters.